The zero-order valence-corrected chi connectivity index (χ0v) is 11.6. The maximum Gasteiger partial charge on any atom is 0.330 e. The highest BCUT2D eigenvalue weighted by Gasteiger charge is 2.11. The highest BCUT2D eigenvalue weighted by molar-refractivity contribution is 5.41. The normalized spacial score (nSPS) is 9.95. The predicted molar refractivity (Wildman–Crippen MR) is 73.6 cm³/mol. The summed E-state index contributed by atoms with van der Waals surface area (Å²) in [5, 5.41) is 2.81. The van der Waals surface area contributed by atoms with Gasteiger partial charge in [0.25, 0.3) is 0 Å². The van der Waals surface area contributed by atoms with Crippen molar-refractivity contribution in [3.63, 3.8) is 0 Å². The van der Waals surface area contributed by atoms with Crippen LogP contribution in [0.25, 0.3) is 0 Å². The molecule has 0 aliphatic heterocycles. The lowest BCUT2D eigenvalue weighted by Crippen LogP contribution is -2.04. The first-order valence-electron chi connectivity index (χ1n) is 6.14. The zero-order chi connectivity index (χ0) is 14.4. The molecule has 0 atom stereocenters. The first kappa shape index (κ1) is 13.9. The van der Waals surface area contributed by atoms with Gasteiger partial charge in [-0.15, -0.1) is 4.98 Å². The first-order valence-corrected chi connectivity index (χ1v) is 6.14. The maximum absolute atomic E-state index is 5.64. The molecule has 0 bridgehead atoms. The van der Waals surface area contributed by atoms with Gasteiger partial charge in [-0.3, -0.25) is 0 Å². The molecule has 0 amide bonds. The van der Waals surface area contributed by atoms with Crippen molar-refractivity contribution >= 4 is 5.95 Å². The van der Waals surface area contributed by atoms with Crippen LogP contribution in [0, 0.1) is 0 Å². The summed E-state index contributed by atoms with van der Waals surface area (Å²) in [6.07, 6.45) is 0. The smallest absolute Gasteiger partial charge is 0.330 e. The number of aromatic nitrogens is 3. The number of rotatable bonds is 6. The van der Waals surface area contributed by atoms with Crippen LogP contribution in [0.5, 0.6) is 23.5 Å². The molecule has 0 aliphatic carbocycles. The molecule has 2 aromatic rings. The lowest BCUT2D eigenvalue weighted by Gasteiger charge is -2.10. The van der Waals surface area contributed by atoms with Crippen molar-refractivity contribution in [2.45, 2.75) is 6.92 Å². The Kier molecular flexibility index (Phi) is 4.54. The Hall–Kier alpha value is -2.57. The first-order chi connectivity index (χ1) is 9.76. The summed E-state index contributed by atoms with van der Waals surface area (Å²) in [6, 6.07) is 7.61. The minimum atomic E-state index is 0.133. The second-order valence-electron chi connectivity index (χ2n) is 3.66. The van der Waals surface area contributed by atoms with Gasteiger partial charge in [0.15, 0.2) is 11.5 Å². The molecule has 0 saturated heterocycles. The molecule has 20 heavy (non-hydrogen) atoms. The summed E-state index contributed by atoms with van der Waals surface area (Å²) in [7, 11) is 3.18. The lowest BCUT2D eigenvalue weighted by atomic mass is 10.3. The van der Waals surface area contributed by atoms with E-state index < -0.39 is 0 Å². The minimum Gasteiger partial charge on any atom is -0.490 e. The third-order valence-electron chi connectivity index (χ3n) is 2.35. The Balaban J connectivity index is 2.29. The van der Waals surface area contributed by atoms with Crippen LogP contribution in [0.4, 0.5) is 5.95 Å². The second kappa shape index (κ2) is 6.55. The number of hydrogen-bond donors (Lipinski definition) is 1. The number of para-hydroxylation sites is 2. The Morgan fingerprint density at radius 1 is 1.05 bits per heavy atom. The van der Waals surface area contributed by atoms with Crippen LogP contribution < -0.4 is 19.5 Å². The van der Waals surface area contributed by atoms with Gasteiger partial charge in [0.1, 0.15) is 0 Å². The Bertz CT molecular complexity index is 555. The fourth-order valence-corrected chi connectivity index (χ4v) is 1.49. The fourth-order valence-electron chi connectivity index (χ4n) is 1.49. The number of anilines is 1. The highest BCUT2D eigenvalue weighted by atomic mass is 16.5. The number of nitrogens with zero attached hydrogens (tertiary/aromatic N) is 3. The molecule has 1 aromatic carbocycles. The zero-order valence-electron chi connectivity index (χ0n) is 11.6. The van der Waals surface area contributed by atoms with E-state index >= 15 is 0 Å². The van der Waals surface area contributed by atoms with E-state index in [4.69, 9.17) is 14.2 Å². The van der Waals surface area contributed by atoms with Gasteiger partial charge in [-0.25, -0.2) is 0 Å². The van der Waals surface area contributed by atoms with E-state index in [9.17, 15) is 0 Å². The van der Waals surface area contributed by atoms with Gasteiger partial charge < -0.3 is 19.5 Å². The fraction of sp³-hybridized carbons (Fsp3) is 0.308. The van der Waals surface area contributed by atoms with Gasteiger partial charge in [-0.05, 0) is 19.1 Å². The van der Waals surface area contributed by atoms with E-state index in [1.54, 1.807) is 13.1 Å². The lowest BCUT2D eigenvalue weighted by molar-refractivity contribution is 0.313. The molecule has 2 rings (SSSR count). The van der Waals surface area contributed by atoms with Gasteiger partial charge in [-0.2, -0.15) is 9.97 Å². The maximum atomic E-state index is 5.64. The third kappa shape index (κ3) is 3.25. The SMILES string of the molecule is CCOc1ccccc1Oc1nc(NC)nc(OC)n1. The third-order valence-corrected chi connectivity index (χ3v) is 2.35. The van der Waals surface area contributed by atoms with E-state index in [-0.39, 0.29) is 12.0 Å². The van der Waals surface area contributed by atoms with E-state index in [0.717, 1.165) is 0 Å². The van der Waals surface area contributed by atoms with Gasteiger partial charge in [0.05, 0.1) is 13.7 Å². The molecule has 1 N–H and O–H groups in total. The molecule has 0 spiro atoms. The Morgan fingerprint density at radius 3 is 2.40 bits per heavy atom. The van der Waals surface area contributed by atoms with Gasteiger partial charge in [0.2, 0.25) is 5.95 Å². The largest absolute Gasteiger partial charge is 0.490 e. The summed E-state index contributed by atoms with van der Waals surface area (Å²) in [5.74, 6) is 1.52. The standard InChI is InChI=1S/C13H16N4O3/c1-4-19-9-7-5-6-8-10(9)20-13-16-11(14-2)15-12(17-13)18-3/h5-8H,4H2,1-3H3,(H,14,15,16,17). The van der Waals surface area contributed by atoms with Gasteiger partial charge in [0, 0.05) is 7.05 Å². The van der Waals surface area contributed by atoms with E-state index in [0.29, 0.717) is 24.1 Å². The van der Waals surface area contributed by atoms with E-state index in [1.807, 2.05) is 25.1 Å². The molecule has 7 heteroatoms. The van der Waals surface area contributed by atoms with E-state index in [2.05, 4.69) is 20.3 Å². The van der Waals surface area contributed by atoms with Crippen molar-refractivity contribution in [3.8, 4) is 23.5 Å². The second-order valence-corrected chi connectivity index (χ2v) is 3.66. The molecule has 0 fully saturated rings. The Labute approximate surface area is 116 Å². The van der Waals surface area contributed by atoms with Crippen LogP contribution >= 0.6 is 0 Å². The summed E-state index contributed by atoms with van der Waals surface area (Å²) in [5.41, 5.74) is 0. The van der Waals surface area contributed by atoms with Gasteiger partial charge in [-0.1, -0.05) is 12.1 Å². The predicted octanol–water partition coefficient (Wildman–Crippen LogP) is 2.11. The van der Waals surface area contributed by atoms with E-state index in [1.165, 1.54) is 7.11 Å². The molecule has 7 nitrogen and oxygen atoms in total. The average molecular weight is 276 g/mol. The van der Waals surface area contributed by atoms with Crippen LogP contribution in [0.2, 0.25) is 0 Å². The summed E-state index contributed by atoms with van der Waals surface area (Å²) in [6.45, 7) is 2.45. The van der Waals surface area contributed by atoms with Crippen LogP contribution in [-0.2, 0) is 0 Å². The minimum absolute atomic E-state index is 0.133. The molecular formula is C13H16N4O3. The number of hydrogen-bond acceptors (Lipinski definition) is 7. The highest BCUT2D eigenvalue weighted by Crippen LogP contribution is 2.30. The molecule has 0 saturated carbocycles. The van der Waals surface area contributed by atoms with Crippen molar-refractivity contribution in [2.24, 2.45) is 0 Å². The number of benzene rings is 1. The molecule has 1 heterocycles. The van der Waals surface area contributed by atoms with Crippen LogP contribution in [0.15, 0.2) is 24.3 Å². The van der Waals surface area contributed by atoms with Crippen molar-refractivity contribution in [3.05, 3.63) is 24.3 Å². The molecular weight excluding hydrogens is 260 g/mol. The number of nitrogens with one attached hydrogen (secondary N) is 1. The van der Waals surface area contributed by atoms with Crippen molar-refractivity contribution in [1.82, 2.24) is 15.0 Å². The van der Waals surface area contributed by atoms with Crippen molar-refractivity contribution in [2.75, 3.05) is 26.1 Å². The van der Waals surface area contributed by atoms with Crippen LogP contribution in [0.3, 0.4) is 0 Å². The molecule has 0 unspecified atom stereocenters. The van der Waals surface area contributed by atoms with Crippen LogP contribution in [0.1, 0.15) is 6.92 Å². The summed E-state index contributed by atoms with van der Waals surface area (Å²) < 4.78 is 16.1. The molecule has 0 aliphatic rings. The Morgan fingerprint density at radius 2 is 1.75 bits per heavy atom. The molecule has 106 valence electrons. The number of ether oxygens (including phenoxy) is 3. The van der Waals surface area contributed by atoms with Crippen molar-refractivity contribution in [1.29, 1.82) is 0 Å². The molecule has 1 aromatic heterocycles. The van der Waals surface area contributed by atoms with Crippen LogP contribution in [-0.4, -0.2) is 35.7 Å². The summed E-state index contributed by atoms with van der Waals surface area (Å²) in [4.78, 5) is 12.1. The quantitative estimate of drug-likeness (QED) is 0.865. The monoisotopic (exact) mass is 276 g/mol. The topological polar surface area (TPSA) is 78.4 Å². The number of methoxy groups -OCH3 is 1. The summed E-state index contributed by atoms with van der Waals surface area (Å²) >= 11 is 0. The molecule has 0 radical (unpaired) electrons. The van der Waals surface area contributed by atoms with Crippen molar-refractivity contribution < 1.29 is 14.2 Å². The average Bonchev–Trinajstić information content (AvgIpc) is 2.49. The van der Waals surface area contributed by atoms with Gasteiger partial charge >= 0.3 is 12.0 Å².